The van der Waals surface area contributed by atoms with Gasteiger partial charge in [0, 0.05) is 45.1 Å². The number of rotatable bonds is 3. The minimum atomic E-state index is 0.0313. The standard InChI is InChI=1S/C17H28N4O2/c1-3-15(14-11-18-20(2)12-14)19-16(22)21-8-4-5-17(13-21)6-9-23-10-7-17/h11-12,15H,3-10,13H2,1-2H3,(H,19,22)/t15-/m1/s1. The minimum absolute atomic E-state index is 0.0313. The van der Waals surface area contributed by atoms with E-state index in [0.717, 1.165) is 57.6 Å². The first-order valence-corrected chi connectivity index (χ1v) is 8.74. The van der Waals surface area contributed by atoms with E-state index in [0.29, 0.717) is 0 Å². The zero-order valence-corrected chi connectivity index (χ0v) is 14.3. The van der Waals surface area contributed by atoms with Crippen molar-refractivity contribution in [2.45, 2.75) is 45.1 Å². The summed E-state index contributed by atoms with van der Waals surface area (Å²) in [6.07, 6.45) is 9.16. The zero-order chi connectivity index (χ0) is 16.3. The highest BCUT2D eigenvalue weighted by Crippen LogP contribution is 2.39. The Morgan fingerprint density at radius 2 is 2.22 bits per heavy atom. The molecule has 6 nitrogen and oxygen atoms in total. The van der Waals surface area contributed by atoms with Gasteiger partial charge < -0.3 is 15.0 Å². The van der Waals surface area contributed by atoms with E-state index >= 15 is 0 Å². The molecule has 0 bridgehead atoms. The average Bonchev–Trinajstić information content (AvgIpc) is 2.99. The van der Waals surface area contributed by atoms with Crippen LogP contribution in [-0.2, 0) is 11.8 Å². The third kappa shape index (κ3) is 3.68. The molecule has 3 rings (SSSR count). The van der Waals surface area contributed by atoms with E-state index in [-0.39, 0.29) is 17.5 Å². The fourth-order valence-electron chi connectivity index (χ4n) is 3.88. The molecular formula is C17H28N4O2. The molecule has 2 fully saturated rings. The number of ether oxygens (including phenoxy) is 1. The van der Waals surface area contributed by atoms with Gasteiger partial charge in [0.1, 0.15) is 0 Å². The summed E-state index contributed by atoms with van der Waals surface area (Å²) in [6, 6.07) is 0.0926. The third-order valence-corrected chi connectivity index (χ3v) is 5.34. The predicted octanol–water partition coefficient (Wildman–Crippen LogP) is 2.47. The van der Waals surface area contributed by atoms with Crippen molar-refractivity contribution in [3.63, 3.8) is 0 Å². The van der Waals surface area contributed by atoms with Gasteiger partial charge in [-0.1, -0.05) is 6.92 Å². The molecule has 1 aromatic heterocycles. The monoisotopic (exact) mass is 320 g/mol. The molecule has 128 valence electrons. The number of carbonyl (C=O) groups excluding carboxylic acids is 1. The van der Waals surface area contributed by atoms with Gasteiger partial charge in [-0.2, -0.15) is 5.10 Å². The predicted molar refractivity (Wildman–Crippen MR) is 88.1 cm³/mol. The van der Waals surface area contributed by atoms with Crippen LogP contribution in [0.15, 0.2) is 12.4 Å². The zero-order valence-electron chi connectivity index (χ0n) is 14.3. The van der Waals surface area contributed by atoms with Crippen LogP contribution in [0.3, 0.4) is 0 Å². The second kappa shape index (κ2) is 6.91. The summed E-state index contributed by atoms with van der Waals surface area (Å²) in [5, 5.41) is 7.40. The first kappa shape index (κ1) is 16.3. The quantitative estimate of drug-likeness (QED) is 0.931. The van der Waals surface area contributed by atoms with Crippen molar-refractivity contribution in [1.29, 1.82) is 0 Å². The molecule has 3 heterocycles. The maximum Gasteiger partial charge on any atom is 0.317 e. The van der Waals surface area contributed by atoms with Gasteiger partial charge in [-0.05, 0) is 37.5 Å². The van der Waals surface area contributed by atoms with E-state index in [1.807, 2.05) is 24.3 Å². The maximum atomic E-state index is 12.7. The molecule has 2 aliphatic rings. The van der Waals surface area contributed by atoms with Gasteiger partial charge in [-0.15, -0.1) is 0 Å². The molecule has 1 spiro atoms. The number of hydrogen-bond acceptors (Lipinski definition) is 3. The van der Waals surface area contributed by atoms with Crippen molar-refractivity contribution in [2.24, 2.45) is 12.5 Å². The Morgan fingerprint density at radius 1 is 1.43 bits per heavy atom. The van der Waals surface area contributed by atoms with Crippen LogP contribution in [0.1, 0.15) is 50.6 Å². The number of amides is 2. The smallest absolute Gasteiger partial charge is 0.317 e. The lowest BCUT2D eigenvalue weighted by atomic mass is 9.74. The van der Waals surface area contributed by atoms with Crippen molar-refractivity contribution < 1.29 is 9.53 Å². The number of likely N-dealkylation sites (tertiary alicyclic amines) is 1. The lowest BCUT2D eigenvalue weighted by Crippen LogP contribution is -2.51. The topological polar surface area (TPSA) is 59.4 Å². The molecule has 6 heteroatoms. The largest absolute Gasteiger partial charge is 0.381 e. The molecule has 1 N–H and O–H groups in total. The van der Waals surface area contributed by atoms with Crippen molar-refractivity contribution in [3.05, 3.63) is 18.0 Å². The van der Waals surface area contributed by atoms with Gasteiger partial charge in [0.15, 0.2) is 0 Å². The van der Waals surface area contributed by atoms with Crippen LogP contribution >= 0.6 is 0 Å². The molecule has 0 saturated carbocycles. The Kier molecular flexibility index (Phi) is 4.90. The van der Waals surface area contributed by atoms with Crippen molar-refractivity contribution in [3.8, 4) is 0 Å². The number of aromatic nitrogens is 2. The van der Waals surface area contributed by atoms with E-state index < -0.39 is 0 Å². The highest BCUT2D eigenvalue weighted by Gasteiger charge is 2.38. The molecule has 1 atom stereocenters. The van der Waals surface area contributed by atoms with Crippen molar-refractivity contribution in [1.82, 2.24) is 20.0 Å². The van der Waals surface area contributed by atoms with Crippen molar-refractivity contribution in [2.75, 3.05) is 26.3 Å². The van der Waals surface area contributed by atoms with Gasteiger partial charge in [-0.3, -0.25) is 4.68 Å². The maximum absolute atomic E-state index is 12.7. The van der Waals surface area contributed by atoms with Gasteiger partial charge in [0.05, 0.1) is 12.2 Å². The molecule has 2 aliphatic heterocycles. The van der Waals surface area contributed by atoms with E-state index in [2.05, 4.69) is 17.3 Å². The lowest BCUT2D eigenvalue weighted by molar-refractivity contribution is -0.0188. The first-order valence-electron chi connectivity index (χ1n) is 8.74. The second-order valence-corrected chi connectivity index (χ2v) is 7.00. The number of piperidine rings is 1. The summed E-state index contributed by atoms with van der Waals surface area (Å²) in [5.74, 6) is 0. The molecule has 0 aliphatic carbocycles. The SMILES string of the molecule is CC[C@@H](NC(=O)N1CCCC2(CCOCC2)C1)c1cnn(C)c1. The highest BCUT2D eigenvalue weighted by molar-refractivity contribution is 5.75. The normalized spacial score (nSPS) is 22.1. The van der Waals surface area contributed by atoms with Crippen LogP contribution in [0, 0.1) is 5.41 Å². The summed E-state index contributed by atoms with van der Waals surface area (Å²) >= 11 is 0. The van der Waals surface area contributed by atoms with Gasteiger partial charge in [0.25, 0.3) is 0 Å². The van der Waals surface area contributed by atoms with Gasteiger partial charge in [-0.25, -0.2) is 4.79 Å². The number of hydrogen-bond donors (Lipinski definition) is 1. The average molecular weight is 320 g/mol. The molecule has 2 saturated heterocycles. The second-order valence-electron chi connectivity index (χ2n) is 7.00. The number of carbonyl (C=O) groups is 1. The summed E-state index contributed by atoms with van der Waals surface area (Å²) in [7, 11) is 1.90. The van der Waals surface area contributed by atoms with E-state index in [1.165, 1.54) is 6.42 Å². The highest BCUT2D eigenvalue weighted by atomic mass is 16.5. The molecule has 23 heavy (non-hydrogen) atoms. The number of urea groups is 1. The first-order chi connectivity index (χ1) is 11.1. The molecule has 0 aromatic carbocycles. The summed E-state index contributed by atoms with van der Waals surface area (Å²) in [6.45, 7) is 5.49. The number of nitrogens with one attached hydrogen (secondary N) is 1. The number of nitrogens with zero attached hydrogens (tertiary/aromatic N) is 3. The fourth-order valence-corrected chi connectivity index (χ4v) is 3.88. The van der Waals surface area contributed by atoms with Crippen LogP contribution in [0.5, 0.6) is 0 Å². The molecular weight excluding hydrogens is 292 g/mol. The van der Waals surface area contributed by atoms with E-state index in [4.69, 9.17) is 4.74 Å². The Hall–Kier alpha value is -1.56. The van der Waals surface area contributed by atoms with Crippen LogP contribution in [-0.4, -0.2) is 47.0 Å². The summed E-state index contributed by atoms with van der Waals surface area (Å²) in [5.41, 5.74) is 1.35. The fraction of sp³-hybridized carbons (Fsp3) is 0.765. The van der Waals surface area contributed by atoms with Crippen LogP contribution in [0.25, 0.3) is 0 Å². The Bertz CT molecular complexity index is 531. The van der Waals surface area contributed by atoms with Crippen LogP contribution < -0.4 is 5.32 Å². The van der Waals surface area contributed by atoms with Crippen LogP contribution in [0.4, 0.5) is 4.79 Å². The number of aryl methyl sites for hydroxylation is 1. The molecule has 0 unspecified atom stereocenters. The third-order valence-electron chi connectivity index (χ3n) is 5.34. The minimum Gasteiger partial charge on any atom is -0.381 e. The lowest BCUT2D eigenvalue weighted by Gasteiger charge is -2.45. The summed E-state index contributed by atoms with van der Waals surface area (Å²) in [4.78, 5) is 14.7. The molecule has 2 amide bonds. The van der Waals surface area contributed by atoms with E-state index in [9.17, 15) is 4.79 Å². The Balaban J connectivity index is 1.62. The van der Waals surface area contributed by atoms with Crippen LogP contribution in [0.2, 0.25) is 0 Å². The molecule has 1 aromatic rings. The van der Waals surface area contributed by atoms with Gasteiger partial charge in [0.2, 0.25) is 0 Å². The van der Waals surface area contributed by atoms with Gasteiger partial charge >= 0.3 is 6.03 Å². The van der Waals surface area contributed by atoms with E-state index in [1.54, 1.807) is 4.68 Å². The Labute approximate surface area is 138 Å². The molecule has 0 radical (unpaired) electrons. The Morgan fingerprint density at radius 3 is 2.87 bits per heavy atom. The summed E-state index contributed by atoms with van der Waals surface area (Å²) < 4.78 is 7.29. The van der Waals surface area contributed by atoms with Crippen molar-refractivity contribution >= 4 is 6.03 Å².